The highest BCUT2D eigenvalue weighted by molar-refractivity contribution is 7.71. The molecule has 0 atom stereocenters. The van der Waals surface area contributed by atoms with Crippen molar-refractivity contribution in [2.75, 3.05) is 0 Å². The van der Waals surface area contributed by atoms with Gasteiger partial charge in [-0.05, 0) is 26.1 Å². The lowest BCUT2D eigenvalue weighted by Crippen LogP contribution is -2.34. The Morgan fingerprint density at radius 3 is 2.60 bits per heavy atom. The molecule has 2 heterocycles. The van der Waals surface area contributed by atoms with Crippen LogP contribution >= 0.6 is 12.2 Å². The van der Waals surface area contributed by atoms with Gasteiger partial charge in [-0.3, -0.25) is 29.4 Å². The Hall–Kier alpha value is -2.35. The minimum absolute atomic E-state index is 0.0230. The number of carbonyl (C=O) groups is 2. The Bertz CT molecular complexity index is 756. The molecule has 1 aliphatic heterocycles. The molecule has 1 aromatic heterocycles. The van der Waals surface area contributed by atoms with Gasteiger partial charge in [0.25, 0.3) is 17.4 Å². The zero-order valence-corrected chi connectivity index (χ0v) is 11.7. The predicted octanol–water partition coefficient (Wildman–Crippen LogP) is 0.589. The summed E-state index contributed by atoms with van der Waals surface area (Å²) in [6, 6.07) is 0. The van der Waals surface area contributed by atoms with E-state index >= 15 is 0 Å². The van der Waals surface area contributed by atoms with Crippen molar-refractivity contribution in [2.24, 2.45) is 0 Å². The van der Waals surface area contributed by atoms with E-state index in [1.165, 1.54) is 0 Å². The Morgan fingerprint density at radius 1 is 1.30 bits per heavy atom. The SMILES string of the molecule is C/C=C\C1=C(C)C(=O)N(Cc2n[nH]c(=S)[nH]c2=O)C1=O. The molecule has 20 heavy (non-hydrogen) atoms. The molecule has 1 aliphatic rings. The van der Waals surface area contributed by atoms with Gasteiger partial charge < -0.3 is 0 Å². The van der Waals surface area contributed by atoms with Crippen LogP contribution in [-0.4, -0.2) is 31.9 Å². The third-order valence-electron chi connectivity index (χ3n) is 2.87. The summed E-state index contributed by atoms with van der Waals surface area (Å²) in [6.07, 6.45) is 3.25. The van der Waals surface area contributed by atoms with Gasteiger partial charge in [0.15, 0.2) is 4.77 Å². The molecule has 0 aromatic carbocycles. The van der Waals surface area contributed by atoms with E-state index in [2.05, 4.69) is 15.2 Å². The molecule has 104 valence electrons. The Labute approximate surface area is 119 Å². The lowest BCUT2D eigenvalue weighted by atomic mass is 10.1. The summed E-state index contributed by atoms with van der Waals surface area (Å²) in [7, 11) is 0. The number of carbonyl (C=O) groups excluding carboxylic acids is 2. The monoisotopic (exact) mass is 292 g/mol. The number of imide groups is 1. The van der Waals surface area contributed by atoms with Crippen LogP contribution in [0.1, 0.15) is 19.5 Å². The molecule has 0 bridgehead atoms. The highest BCUT2D eigenvalue weighted by Gasteiger charge is 2.35. The minimum Gasteiger partial charge on any atom is -0.296 e. The van der Waals surface area contributed by atoms with Crippen LogP contribution in [0.2, 0.25) is 0 Å². The standard InChI is InChI=1S/C12H12N4O3S/c1-3-4-7-6(2)10(18)16(11(7)19)5-8-9(17)13-12(20)15-14-8/h3-4H,5H2,1-2H3,(H2,13,15,17,20)/b4-3-. The first-order chi connectivity index (χ1) is 9.45. The molecule has 1 aromatic rings. The Morgan fingerprint density at radius 2 is 2.00 bits per heavy atom. The van der Waals surface area contributed by atoms with Crippen LogP contribution in [0.5, 0.6) is 0 Å². The fourth-order valence-corrected chi connectivity index (χ4v) is 1.99. The van der Waals surface area contributed by atoms with Gasteiger partial charge in [-0.25, -0.2) is 0 Å². The molecule has 0 fully saturated rings. The fourth-order valence-electron chi connectivity index (χ4n) is 1.85. The first-order valence-corrected chi connectivity index (χ1v) is 6.24. The molecule has 2 amide bonds. The van der Waals surface area contributed by atoms with Crippen LogP contribution in [0.4, 0.5) is 0 Å². The number of hydrogen-bond acceptors (Lipinski definition) is 5. The largest absolute Gasteiger partial charge is 0.296 e. The predicted molar refractivity (Wildman–Crippen MR) is 73.1 cm³/mol. The maximum absolute atomic E-state index is 12.1. The van der Waals surface area contributed by atoms with Crippen molar-refractivity contribution in [1.82, 2.24) is 20.1 Å². The van der Waals surface area contributed by atoms with Crippen molar-refractivity contribution < 1.29 is 9.59 Å². The second-order valence-electron chi connectivity index (χ2n) is 4.19. The van der Waals surface area contributed by atoms with Crippen LogP contribution in [0.25, 0.3) is 0 Å². The number of allylic oxidation sites excluding steroid dienone is 1. The zero-order valence-electron chi connectivity index (χ0n) is 10.9. The summed E-state index contributed by atoms with van der Waals surface area (Å²) in [5.74, 6) is -0.860. The van der Waals surface area contributed by atoms with Crippen molar-refractivity contribution in [1.29, 1.82) is 0 Å². The number of hydrogen-bond donors (Lipinski definition) is 2. The number of aromatic amines is 2. The number of nitrogens with one attached hydrogen (secondary N) is 2. The number of H-pyrrole nitrogens is 2. The first kappa shape index (κ1) is 14.1. The highest BCUT2D eigenvalue weighted by Crippen LogP contribution is 2.22. The third kappa shape index (κ3) is 2.37. The molecule has 2 N–H and O–H groups in total. The van der Waals surface area contributed by atoms with E-state index in [0.717, 1.165) is 4.90 Å². The number of aromatic nitrogens is 3. The normalized spacial score (nSPS) is 15.8. The maximum atomic E-state index is 12.1. The van der Waals surface area contributed by atoms with Gasteiger partial charge in [0, 0.05) is 11.1 Å². The summed E-state index contributed by atoms with van der Waals surface area (Å²) >= 11 is 4.72. The van der Waals surface area contributed by atoms with Crippen LogP contribution < -0.4 is 5.56 Å². The summed E-state index contributed by atoms with van der Waals surface area (Å²) in [5, 5.41) is 6.17. The average Bonchev–Trinajstić information content (AvgIpc) is 2.59. The zero-order chi connectivity index (χ0) is 14.9. The number of rotatable bonds is 3. The van der Waals surface area contributed by atoms with Gasteiger partial charge in [0.05, 0.1) is 6.54 Å². The van der Waals surface area contributed by atoms with Crippen LogP contribution in [0.3, 0.4) is 0 Å². The second-order valence-corrected chi connectivity index (χ2v) is 4.60. The Balaban J connectivity index is 2.33. The Kier molecular flexibility index (Phi) is 3.75. The van der Waals surface area contributed by atoms with Gasteiger partial charge in [0.2, 0.25) is 0 Å². The van der Waals surface area contributed by atoms with Gasteiger partial charge in [0.1, 0.15) is 5.69 Å². The quantitative estimate of drug-likeness (QED) is 0.627. The van der Waals surface area contributed by atoms with Crippen molar-refractivity contribution >= 4 is 24.0 Å². The van der Waals surface area contributed by atoms with Crippen molar-refractivity contribution in [3.05, 3.63) is 44.1 Å². The van der Waals surface area contributed by atoms with Crippen LogP contribution in [0.15, 0.2) is 28.1 Å². The first-order valence-electron chi connectivity index (χ1n) is 5.83. The molecule has 2 rings (SSSR count). The highest BCUT2D eigenvalue weighted by atomic mass is 32.1. The number of amides is 2. The summed E-state index contributed by atoms with van der Waals surface area (Å²) in [6.45, 7) is 3.13. The lowest BCUT2D eigenvalue weighted by Gasteiger charge is -2.13. The van der Waals surface area contributed by atoms with E-state index in [1.54, 1.807) is 26.0 Å². The van der Waals surface area contributed by atoms with Gasteiger partial charge in [-0.15, -0.1) is 0 Å². The molecule has 0 unspecified atom stereocenters. The van der Waals surface area contributed by atoms with Gasteiger partial charge in [-0.1, -0.05) is 12.2 Å². The molecule has 0 spiro atoms. The molecular weight excluding hydrogens is 280 g/mol. The molecule has 0 aliphatic carbocycles. The molecule has 7 nitrogen and oxygen atoms in total. The molecule has 0 saturated carbocycles. The number of nitrogens with zero attached hydrogens (tertiary/aromatic N) is 2. The van der Waals surface area contributed by atoms with Gasteiger partial charge in [-0.2, -0.15) is 5.10 Å². The third-order valence-corrected chi connectivity index (χ3v) is 3.06. The minimum atomic E-state index is -0.522. The smallest absolute Gasteiger partial charge is 0.275 e. The molecule has 0 saturated heterocycles. The van der Waals surface area contributed by atoms with Crippen LogP contribution in [-0.2, 0) is 16.1 Å². The van der Waals surface area contributed by atoms with Crippen LogP contribution in [0, 0.1) is 4.77 Å². The van der Waals surface area contributed by atoms with Crippen molar-refractivity contribution in [2.45, 2.75) is 20.4 Å². The fraction of sp³-hybridized carbons (Fsp3) is 0.250. The van der Waals surface area contributed by atoms with E-state index < -0.39 is 17.4 Å². The van der Waals surface area contributed by atoms with E-state index in [-0.39, 0.29) is 17.0 Å². The van der Waals surface area contributed by atoms with Crippen molar-refractivity contribution in [3.63, 3.8) is 0 Å². The van der Waals surface area contributed by atoms with Gasteiger partial charge >= 0.3 is 0 Å². The summed E-state index contributed by atoms with van der Waals surface area (Å²) < 4.78 is 0.0849. The molecular formula is C12H12N4O3S. The topological polar surface area (TPSA) is 98.9 Å². The average molecular weight is 292 g/mol. The molecule has 0 radical (unpaired) electrons. The summed E-state index contributed by atoms with van der Waals surface area (Å²) in [4.78, 5) is 39.1. The van der Waals surface area contributed by atoms with E-state index in [9.17, 15) is 14.4 Å². The van der Waals surface area contributed by atoms with E-state index in [1.807, 2.05) is 0 Å². The van der Waals surface area contributed by atoms with E-state index in [0.29, 0.717) is 11.1 Å². The lowest BCUT2D eigenvalue weighted by molar-refractivity contribution is -0.138. The second kappa shape index (κ2) is 5.33. The van der Waals surface area contributed by atoms with Crippen molar-refractivity contribution in [3.8, 4) is 0 Å². The summed E-state index contributed by atoms with van der Waals surface area (Å²) in [5.41, 5.74) is 0.188. The molecule has 8 heteroatoms. The maximum Gasteiger partial charge on any atom is 0.275 e. The van der Waals surface area contributed by atoms with E-state index in [4.69, 9.17) is 12.2 Å².